The van der Waals surface area contributed by atoms with Crippen molar-refractivity contribution in [1.29, 1.82) is 0 Å². The van der Waals surface area contributed by atoms with Crippen LogP contribution in [0.3, 0.4) is 0 Å². The van der Waals surface area contributed by atoms with Crippen LogP contribution in [0.1, 0.15) is 30.3 Å². The molecule has 0 saturated carbocycles. The summed E-state index contributed by atoms with van der Waals surface area (Å²) >= 11 is 0. The monoisotopic (exact) mass is 495 g/mol. The zero-order valence-electron chi connectivity index (χ0n) is 19.1. The standard InChI is InChI=1S/C26H23F2N3O5/c1-14(29-26(35)22(32)16-11-17(27)13-18(28)12-16)24(33)31-21-23(15-7-3-2-4-8-15)36-20-10-6-5-9-19(20)30-25(21)34/h2-14,21-23,32H,1H3,(H,29,35)(H,30,34)(H,31,33)/t14-,21-,22+,23+/m0/s1. The lowest BCUT2D eigenvalue weighted by Gasteiger charge is -2.27. The van der Waals surface area contributed by atoms with Crippen molar-refractivity contribution in [1.82, 2.24) is 10.6 Å². The van der Waals surface area contributed by atoms with Crippen molar-refractivity contribution < 1.29 is 33.0 Å². The lowest BCUT2D eigenvalue weighted by atomic mass is 10.0. The maximum Gasteiger partial charge on any atom is 0.254 e. The van der Waals surface area contributed by atoms with Crippen LogP contribution in [0, 0.1) is 11.6 Å². The summed E-state index contributed by atoms with van der Waals surface area (Å²) in [5.74, 6) is -3.82. The van der Waals surface area contributed by atoms with E-state index in [2.05, 4.69) is 16.0 Å². The van der Waals surface area contributed by atoms with Gasteiger partial charge in [0.2, 0.25) is 5.91 Å². The van der Waals surface area contributed by atoms with Crippen LogP contribution in [-0.4, -0.2) is 34.9 Å². The average molecular weight is 495 g/mol. The summed E-state index contributed by atoms with van der Waals surface area (Å²) in [7, 11) is 0. The van der Waals surface area contributed by atoms with Gasteiger partial charge >= 0.3 is 0 Å². The number of hydrogen-bond acceptors (Lipinski definition) is 5. The number of hydrogen-bond donors (Lipinski definition) is 4. The van der Waals surface area contributed by atoms with Crippen LogP contribution in [0.2, 0.25) is 0 Å². The Kier molecular flexibility index (Phi) is 7.25. The van der Waals surface area contributed by atoms with Gasteiger partial charge in [-0.3, -0.25) is 14.4 Å². The third kappa shape index (κ3) is 5.49. The highest BCUT2D eigenvalue weighted by atomic mass is 19.1. The number of carbonyl (C=O) groups excluding carboxylic acids is 3. The fraction of sp³-hybridized carbons (Fsp3) is 0.192. The number of aliphatic hydroxyl groups is 1. The van der Waals surface area contributed by atoms with Crippen molar-refractivity contribution in [2.24, 2.45) is 0 Å². The van der Waals surface area contributed by atoms with E-state index in [1.165, 1.54) is 6.92 Å². The third-order valence-electron chi connectivity index (χ3n) is 5.61. The van der Waals surface area contributed by atoms with Crippen LogP contribution in [-0.2, 0) is 14.4 Å². The van der Waals surface area contributed by atoms with Gasteiger partial charge in [-0.1, -0.05) is 42.5 Å². The Hall–Kier alpha value is -4.31. The molecule has 0 aliphatic carbocycles. The lowest BCUT2D eigenvalue weighted by molar-refractivity contribution is -0.135. The summed E-state index contributed by atoms with van der Waals surface area (Å²) in [6.45, 7) is 1.34. The van der Waals surface area contributed by atoms with Crippen LogP contribution >= 0.6 is 0 Å². The number of para-hydroxylation sites is 2. The number of anilines is 1. The van der Waals surface area contributed by atoms with E-state index in [0.29, 0.717) is 23.1 Å². The first-order valence-corrected chi connectivity index (χ1v) is 11.1. The van der Waals surface area contributed by atoms with Crippen LogP contribution in [0.15, 0.2) is 72.8 Å². The summed E-state index contributed by atoms with van der Waals surface area (Å²) in [6.07, 6.45) is -2.80. The third-order valence-corrected chi connectivity index (χ3v) is 5.61. The lowest BCUT2D eigenvalue weighted by Crippen LogP contribution is -2.54. The minimum Gasteiger partial charge on any atom is -0.481 e. The predicted octanol–water partition coefficient (Wildman–Crippen LogP) is 2.76. The molecule has 186 valence electrons. The highest BCUT2D eigenvalue weighted by Gasteiger charge is 2.37. The summed E-state index contributed by atoms with van der Waals surface area (Å²) < 4.78 is 33.0. The molecule has 0 unspecified atom stereocenters. The molecule has 0 radical (unpaired) electrons. The number of fused-ring (bicyclic) bond motifs is 1. The molecule has 1 aliphatic heterocycles. The van der Waals surface area contributed by atoms with E-state index in [-0.39, 0.29) is 5.56 Å². The molecular formula is C26H23F2N3O5. The molecular weight excluding hydrogens is 472 g/mol. The first kappa shape index (κ1) is 24.8. The molecule has 4 N–H and O–H groups in total. The molecule has 3 amide bonds. The summed E-state index contributed by atoms with van der Waals surface area (Å²) in [5.41, 5.74) is 0.762. The van der Waals surface area contributed by atoms with E-state index < -0.39 is 53.6 Å². The SMILES string of the molecule is C[C@H](NC(=O)[C@H](O)c1cc(F)cc(F)c1)C(=O)N[C@@H]1C(=O)Nc2ccccc2O[C@@H]1c1ccccc1. The Labute approximate surface area is 205 Å². The maximum atomic E-state index is 13.5. The number of rotatable bonds is 6. The van der Waals surface area contributed by atoms with Gasteiger partial charge in [0.25, 0.3) is 11.8 Å². The molecule has 1 aliphatic rings. The van der Waals surface area contributed by atoms with E-state index in [1.807, 2.05) is 0 Å². The van der Waals surface area contributed by atoms with Gasteiger partial charge in [0.1, 0.15) is 29.5 Å². The van der Waals surface area contributed by atoms with Crippen LogP contribution in [0.4, 0.5) is 14.5 Å². The minimum absolute atomic E-state index is 0.309. The number of halogens is 2. The quantitative estimate of drug-likeness (QED) is 0.420. The number of ether oxygens (including phenoxy) is 1. The van der Waals surface area contributed by atoms with Gasteiger partial charge in [0.05, 0.1) is 5.69 Å². The molecule has 36 heavy (non-hydrogen) atoms. The van der Waals surface area contributed by atoms with Crippen molar-refractivity contribution >= 4 is 23.4 Å². The van der Waals surface area contributed by atoms with Crippen LogP contribution in [0.5, 0.6) is 5.75 Å². The van der Waals surface area contributed by atoms with E-state index in [0.717, 1.165) is 12.1 Å². The predicted molar refractivity (Wildman–Crippen MR) is 126 cm³/mol. The second-order valence-corrected chi connectivity index (χ2v) is 8.26. The van der Waals surface area contributed by atoms with Gasteiger partial charge in [-0.15, -0.1) is 0 Å². The highest BCUT2D eigenvalue weighted by molar-refractivity contribution is 6.00. The van der Waals surface area contributed by atoms with Crippen molar-refractivity contribution in [3.8, 4) is 5.75 Å². The first-order valence-electron chi connectivity index (χ1n) is 11.1. The Morgan fingerprint density at radius 1 is 0.972 bits per heavy atom. The van der Waals surface area contributed by atoms with Gasteiger partial charge in [-0.05, 0) is 42.3 Å². The molecule has 8 nitrogen and oxygen atoms in total. The number of benzene rings is 3. The maximum absolute atomic E-state index is 13.5. The molecule has 10 heteroatoms. The second-order valence-electron chi connectivity index (χ2n) is 8.26. The Balaban J connectivity index is 1.51. The normalized spacial score (nSPS) is 18.5. The molecule has 3 aromatic carbocycles. The summed E-state index contributed by atoms with van der Waals surface area (Å²) in [6, 6.07) is 15.5. The Bertz CT molecular complexity index is 1270. The van der Waals surface area contributed by atoms with E-state index in [1.54, 1.807) is 54.6 Å². The molecule has 0 saturated heterocycles. The van der Waals surface area contributed by atoms with Crippen molar-refractivity contribution in [2.75, 3.05) is 5.32 Å². The van der Waals surface area contributed by atoms with Crippen molar-refractivity contribution in [3.05, 3.63) is 95.6 Å². The fourth-order valence-corrected chi connectivity index (χ4v) is 3.79. The van der Waals surface area contributed by atoms with Gasteiger partial charge in [-0.2, -0.15) is 0 Å². The van der Waals surface area contributed by atoms with Crippen molar-refractivity contribution in [3.63, 3.8) is 0 Å². The van der Waals surface area contributed by atoms with E-state index >= 15 is 0 Å². The van der Waals surface area contributed by atoms with Crippen LogP contribution < -0.4 is 20.7 Å². The molecule has 0 spiro atoms. The first-order chi connectivity index (χ1) is 17.2. The summed E-state index contributed by atoms with van der Waals surface area (Å²) in [5, 5.41) is 17.8. The van der Waals surface area contributed by atoms with Gasteiger partial charge in [0.15, 0.2) is 12.2 Å². The van der Waals surface area contributed by atoms with Gasteiger partial charge in [-0.25, -0.2) is 8.78 Å². The molecule has 4 atom stereocenters. The molecule has 0 fully saturated rings. The Morgan fingerprint density at radius 2 is 1.61 bits per heavy atom. The molecule has 3 aromatic rings. The van der Waals surface area contributed by atoms with Crippen molar-refractivity contribution in [2.45, 2.75) is 31.2 Å². The molecule has 0 bridgehead atoms. The summed E-state index contributed by atoms with van der Waals surface area (Å²) in [4.78, 5) is 38.5. The fourth-order valence-electron chi connectivity index (χ4n) is 3.79. The number of nitrogens with one attached hydrogen (secondary N) is 3. The second kappa shape index (κ2) is 10.5. The smallest absolute Gasteiger partial charge is 0.254 e. The highest BCUT2D eigenvalue weighted by Crippen LogP contribution is 2.34. The zero-order chi connectivity index (χ0) is 25.8. The average Bonchev–Trinajstić information content (AvgIpc) is 2.99. The van der Waals surface area contributed by atoms with Crippen LogP contribution in [0.25, 0.3) is 0 Å². The topological polar surface area (TPSA) is 117 Å². The number of carbonyl (C=O) groups is 3. The van der Waals surface area contributed by atoms with E-state index in [9.17, 15) is 28.3 Å². The number of aliphatic hydroxyl groups excluding tert-OH is 1. The molecule has 0 aromatic heterocycles. The minimum atomic E-state index is -1.92. The largest absolute Gasteiger partial charge is 0.481 e. The molecule has 4 rings (SSSR count). The van der Waals surface area contributed by atoms with Gasteiger partial charge in [0, 0.05) is 6.07 Å². The zero-order valence-corrected chi connectivity index (χ0v) is 19.1. The van der Waals surface area contributed by atoms with Gasteiger partial charge < -0.3 is 25.8 Å². The Morgan fingerprint density at radius 3 is 2.31 bits per heavy atom. The van der Waals surface area contributed by atoms with E-state index in [4.69, 9.17) is 4.74 Å². The molecule has 1 heterocycles. The number of amides is 3.